The van der Waals surface area contributed by atoms with Gasteiger partial charge in [0.1, 0.15) is 11.5 Å². The summed E-state index contributed by atoms with van der Waals surface area (Å²) in [7, 11) is 0. The second-order valence-electron chi connectivity index (χ2n) is 9.40. The number of rotatable bonds is 5. The molecule has 7 rings (SSSR count). The second-order valence-corrected chi connectivity index (χ2v) is 9.40. The van der Waals surface area contributed by atoms with Crippen LogP contribution in [0.25, 0.3) is 56.0 Å². The van der Waals surface area contributed by atoms with Crippen LogP contribution in [0.15, 0.2) is 67.3 Å². The highest BCUT2D eigenvalue weighted by atomic mass is 19.1. The summed E-state index contributed by atoms with van der Waals surface area (Å²) < 4.78 is 14.5. The molecule has 9 nitrogen and oxygen atoms in total. The number of anilines is 1. The van der Waals surface area contributed by atoms with E-state index in [1.165, 1.54) is 6.07 Å². The van der Waals surface area contributed by atoms with Crippen LogP contribution in [0.4, 0.5) is 10.1 Å². The Labute approximate surface area is 215 Å². The first-order valence-electron chi connectivity index (χ1n) is 12.3. The smallest absolute Gasteiger partial charge is 0.227 e. The highest BCUT2D eigenvalue weighted by Crippen LogP contribution is 2.33. The van der Waals surface area contributed by atoms with Crippen LogP contribution < -0.4 is 5.32 Å². The van der Waals surface area contributed by atoms with Gasteiger partial charge < -0.3 is 10.3 Å². The molecule has 0 atom stereocenters. The lowest BCUT2D eigenvalue weighted by atomic mass is 9.85. The molecular weight excluding hydrogens is 483 g/mol. The van der Waals surface area contributed by atoms with E-state index in [1.54, 1.807) is 49.1 Å². The summed E-state index contributed by atoms with van der Waals surface area (Å²) >= 11 is 0. The largest absolute Gasteiger partial charge is 0.335 e. The first-order chi connectivity index (χ1) is 18.6. The van der Waals surface area contributed by atoms with Gasteiger partial charge in [-0.3, -0.25) is 14.9 Å². The van der Waals surface area contributed by atoms with Gasteiger partial charge in [0, 0.05) is 46.8 Å². The highest BCUT2D eigenvalue weighted by Gasteiger charge is 2.25. The number of imidazole rings is 1. The maximum Gasteiger partial charge on any atom is 0.227 e. The van der Waals surface area contributed by atoms with Crippen LogP contribution >= 0.6 is 0 Å². The monoisotopic (exact) mass is 504 g/mol. The number of carbonyl (C=O) groups excluding carboxylic acids is 1. The number of fused-ring (bicyclic) bond motifs is 2. The number of benzene rings is 1. The average molecular weight is 505 g/mol. The molecule has 0 unspecified atom stereocenters. The van der Waals surface area contributed by atoms with Crippen LogP contribution in [0.5, 0.6) is 0 Å². The zero-order chi connectivity index (χ0) is 25.6. The van der Waals surface area contributed by atoms with E-state index >= 15 is 0 Å². The van der Waals surface area contributed by atoms with Crippen LogP contribution in [-0.2, 0) is 4.79 Å². The van der Waals surface area contributed by atoms with E-state index in [0.29, 0.717) is 45.1 Å². The zero-order valence-corrected chi connectivity index (χ0v) is 20.1. The van der Waals surface area contributed by atoms with Gasteiger partial charge in [0.05, 0.1) is 22.8 Å². The number of aromatic nitrogens is 7. The minimum atomic E-state index is -0.323. The summed E-state index contributed by atoms with van der Waals surface area (Å²) in [6.45, 7) is 0. The molecule has 5 aromatic heterocycles. The standard InChI is InChI=1S/C28H21FN8O/c29-22-7-2-1-6-19(22)20-8-9-31-26-23(20)34-27(35-26)24-21-11-17(13-32-25(21)37-36-24)16-10-18(14-30-12-16)33-28(38)15-4-3-5-15/h1-2,6-15H,3-5H2,(H,33,38)(H,31,34,35)(H,32,36,37). The second kappa shape index (κ2) is 8.84. The van der Waals surface area contributed by atoms with E-state index in [1.807, 2.05) is 12.1 Å². The molecule has 1 amide bonds. The van der Waals surface area contributed by atoms with Crippen molar-refractivity contribution >= 4 is 33.8 Å². The number of halogens is 1. The molecule has 186 valence electrons. The Hall–Kier alpha value is -4.99. The zero-order valence-electron chi connectivity index (χ0n) is 20.1. The molecule has 5 heterocycles. The van der Waals surface area contributed by atoms with E-state index in [-0.39, 0.29) is 17.6 Å². The summed E-state index contributed by atoms with van der Waals surface area (Å²) in [5, 5.41) is 11.1. The third-order valence-electron chi connectivity index (χ3n) is 7.02. The number of amides is 1. The number of hydrogen-bond donors (Lipinski definition) is 3. The molecule has 0 saturated heterocycles. The van der Waals surface area contributed by atoms with Gasteiger partial charge in [0.15, 0.2) is 17.1 Å². The number of carbonyl (C=O) groups is 1. The van der Waals surface area contributed by atoms with Crippen LogP contribution in [-0.4, -0.2) is 41.0 Å². The Morgan fingerprint density at radius 1 is 0.974 bits per heavy atom. The van der Waals surface area contributed by atoms with Gasteiger partial charge in [-0.2, -0.15) is 5.10 Å². The van der Waals surface area contributed by atoms with E-state index in [2.05, 4.69) is 40.4 Å². The van der Waals surface area contributed by atoms with Gasteiger partial charge in [0.25, 0.3) is 0 Å². The Morgan fingerprint density at radius 3 is 2.68 bits per heavy atom. The average Bonchev–Trinajstić information content (AvgIpc) is 3.52. The first kappa shape index (κ1) is 22.2. The fraction of sp³-hybridized carbons (Fsp3) is 0.143. The molecule has 1 aliphatic rings. The molecule has 0 bridgehead atoms. The Kier molecular flexibility index (Phi) is 5.17. The molecular formula is C28H21FN8O. The molecule has 38 heavy (non-hydrogen) atoms. The van der Waals surface area contributed by atoms with Gasteiger partial charge >= 0.3 is 0 Å². The Balaban J connectivity index is 1.27. The summed E-state index contributed by atoms with van der Waals surface area (Å²) in [4.78, 5) is 33.5. The van der Waals surface area contributed by atoms with Crippen LogP contribution in [0.2, 0.25) is 0 Å². The maximum atomic E-state index is 14.5. The Bertz CT molecular complexity index is 1840. The van der Waals surface area contributed by atoms with Gasteiger partial charge in [-0.15, -0.1) is 0 Å². The van der Waals surface area contributed by atoms with E-state index in [0.717, 1.165) is 35.8 Å². The predicted octanol–water partition coefficient (Wildman–Crippen LogP) is 5.50. The summed E-state index contributed by atoms with van der Waals surface area (Å²) in [5.74, 6) is 0.311. The predicted molar refractivity (Wildman–Crippen MR) is 141 cm³/mol. The van der Waals surface area contributed by atoms with Crippen LogP contribution in [0, 0.1) is 11.7 Å². The van der Waals surface area contributed by atoms with E-state index < -0.39 is 0 Å². The lowest BCUT2D eigenvalue weighted by Crippen LogP contribution is -2.28. The number of nitrogens with one attached hydrogen (secondary N) is 3. The van der Waals surface area contributed by atoms with Gasteiger partial charge in [-0.05, 0) is 37.1 Å². The summed E-state index contributed by atoms with van der Waals surface area (Å²) in [6.07, 6.45) is 9.67. The molecule has 1 saturated carbocycles. The normalized spacial score (nSPS) is 13.6. The maximum absolute atomic E-state index is 14.5. The van der Waals surface area contributed by atoms with Crippen LogP contribution in [0.1, 0.15) is 19.3 Å². The number of hydrogen-bond acceptors (Lipinski definition) is 6. The number of H-pyrrole nitrogens is 2. The molecule has 1 fully saturated rings. The SMILES string of the molecule is O=C(Nc1cncc(-c2cnc3n[nH]c(-c4nc5nccc(-c6ccccc6F)c5[nH]4)c3c2)c1)C1CCC1. The third kappa shape index (κ3) is 3.78. The molecule has 0 spiro atoms. The minimum Gasteiger partial charge on any atom is -0.335 e. The van der Waals surface area contributed by atoms with Crippen molar-refractivity contribution < 1.29 is 9.18 Å². The molecule has 3 N–H and O–H groups in total. The van der Waals surface area contributed by atoms with Crippen molar-refractivity contribution in [2.24, 2.45) is 5.92 Å². The lowest BCUT2D eigenvalue weighted by Gasteiger charge is -2.24. The fourth-order valence-corrected chi connectivity index (χ4v) is 4.75. The van der Waals surface area contributed by atoms with Gasteiger partial charge in [-0.1, -0.05) is 24.6 Å². The first-order valence-corrected chi connectivity index (χ1v) is 12.3. The van der Waals surface area contributed by atoms with Crippen molar-refractivity contribution in [1.82, 2.24) is 35.1 Å². The third-order valence-corrected chi connectivity index (χ3v) is 7.02. The quantitative estimate of drug-likeness (QED) is 0.285. The summed E-state index contributed by atoms with van der Waals surface area (Å²) in [6, 6.07) is 12.2. The topological polar surface area (TPSA) is 125 Å². The molecule has 0 aliphatic heterocycles. The molecule has 0 radical (unpaired) electrons. The molecule has 6 aromatic rings. The molecule has 1 aromatic carbocycles. The number of aromatic amines is 2. The number of pyridine rings is 3. The number of nitrogens with zero attached hydrogens (tertiary/aromatic N) is 5. The van der Waals surface area contributed by atoms with Crippen molar-refractivity contribution in [3.8, 4) is 33.8 Å². The van der Waals surface area contributed by atoms with Crippen molar-refractivity contribution in [2.45, 2.75) is 19.3 Å². The van der Waals surface area contributed by atoms with Crippen molar-refractivity contribution in [3.05, 3.63) is 73.1 Å². The minimum absolute atomic E-state index is 0.0362. The molecule has 1 aliphatic carbocycles. The highest BCUT2D eigenvalue weighted by molar-refractivity contribution is 5.97. The van der Waals surface area contributed by atoms with Crippen molar-refractivity contribution in [3.63, 3.8) is 0 Å². The van der Waals surface area contributed by atoms with Crippen molar-refractivity contribution in [2.75, 3.05) is 5.32 Å². The summed E-state index contributed by atoms with van der Waals surface area (Å²) in [5.41, 5.74) is 5.65. The van der Waals surface area contributed by atoms with Crippen molar-refractivity contribution in [1.29, 1.82) is 0 Å². The lowest BCUT2D eigenvalue weighted by molar-refractivity contribution is -0.122. The molecule has 10 heteroatoms. The van der Waals surface area contributed by atoms with Crippen LogP contribution in [0.3, 0.4) is 0 Å². The van der Waals surface area contributed by atoms with Gasteiger partial charge in [-0.25, -0.2) is 19.3 Å². The van der Waals surface area contributed by atoms with E-state index in [4.69, 9.17) is 0 Å². The fourth-order valence-electron chi connectivity index (χ4n) is 4.75. The van der Waals surface area contributed by atoms with Gasteiger partial charge in [0.2, 0.25) is 5.91 Å². The Morgan fingerprint density at radius 2 is 1.84 bits per heavy atom. The van der Waals surface area contributed by atoms with E-state index in [9.17, 15) is 9.18 Å².